The van der Waals surface area contributed by atoms with Gasteiger partial charge in [-0.1, -0.05) is 6.07 Å². The minimum Gasteiger partial charge on any atom is -0.496 e. The van der Waals surface area contributed by atoms with Gasteiger partial charge in [0.2, 0.25) is 5.91 Å². The highest BCUT2D eigenvalue weighted by Crippen LogP contribution is 2.37. The van der Waals surface area contributed by atoms with Crippen molar-refractivity contribution in [3.63, 3.8) is 0 Å². The molecule has 0 bridgehead atoms. The van der Waals surface area contributed by atoms with Crippen LogP contribution in [-0.2, 0) is 21.2 Å². The predicted molar refractivity (Wildman–Crippen MR) is 101 cm³/mol. The Morgan fingerprint density at radius 2 is 1.70 bits per heavy atom. The number of hydrogen-bond acceptors (Lipinski definition) is 6. The zero-order chi connectivity index (χ0) is 19.2. The molecule has 0 aromatic heterocycles. The molecule has 0 spiro atoms. The molecule has 148 valence electrons. The molecule has 8 heteroatoms. The highest BCUT2D eigenvalue weighted by atomic mass is 32.2. The fraction of sp³-hybridized carbons (Fsp3) is 0.632. The third-order valence-corrected chi connectivity index (χ3v) is 7.59. The third kappa shape index (κ3) is 3.52. The van der Waals surface area contributed by atoms with Gasteiger partial charge < -0.3 is 14.4 Å². The molecule has 1 amide bonds. The van der Waals surface area contributed by atoms with Crippen LogP contribution in [0.25, 0.3) is 0 Å². The first kappa shape index (κ1) is 18.6. The summed E-state index contributed by atoms with van der Waals surface area (Å²) in [4.78, 5) is 16.7. The number of benzene rings is 1. The van der Waals surface area contributed by atoms with Gasteiger partial charge >= 0.3 is 0 Å². The van der Waals surface area contributed by atoms with Crippen molar-refractivity contribution < 1.29 is 22.7 Å². The lowest BCUT2D eigenvalue weighted by Crippen LogP contribution is -2.60. The quantitative estimate of drug-likeness (QED) is 0.739. The standard InChI is InChI=1S/C19H26N2O5S/c1-25-17-4-3-5-18(26-2)14(17)10-20-8-9-21(19(22)13-6-7-13)16-12-27(23,24)11-15(16)20/h3-5,13,15-16H,6-12H2,1-2H3/t15-,16+/m0/s1. The number of amides is 1. The number of carbonyl (C=O) groups is 1. The van der Waals surface area contributed by atoms with Gasteiger partial charge in [0.25, 0.3) is 0 Å². The maximum Gasteiger partial charge on any atom is 0.226 e. The number of carbonyl (C=O) groups excluding carboxylic acids is 1. The van der Waals surface area contributed by atoms with Crippen LogP contribution >= 0.6 is 0 Å². The average Bonchev–Trinajstić information content (AvgIpc) is 3.44. The lowest BCUT2D eigenvalue weighted by Gasteiger charge is -2.44. The minimum absolute atomic E-state index is 0.0652. The van der Waals surface area contributed by atoms with Crippen molar-refractivity contribution in [3.05, 3.63) is 23.8 Å². The van der Waals surface area contributed by atoms with Crippen LogP contribution in [0.3, 0.4) is 0 Å². The fourth-order valence-corrected chi connectivity index (χ4v) is 6.36. The second-order valence-corrected chi connectivity index (χ2v) is 9.78. The molecule has 2 atom stereocenters. The molecule has 2 aliphatic heterocycles. The first-order chi connectivity index (χ1) is 12.9. The molecule has 27 heavy (non-hydrogen) atoms. The van der Waals surface area contributed by atoms with Crippen LogP contribution in [0.2, 0.25) is 0 Å². The summed E-state index contributed by atoms with van der Waals surface area (Å²) in [5.74, 6) is 1.86. The van der Waals surface area contributed by atoms with E-state index >= 15 is 0 Å². The van der Waals surface area contributed by atoms with E-state index in [1.54, 1.807) is 14.2 Å². The molecule has 0 radical (unpaired) electrons. The molecular formula is C19H26N2O5S. The summed E-state index contributed by atoms with van der Waals surface area (Å²) in [6.45, 7) is 1.76. The molecule has 3 aliphatic rings. The van der Waals surface area contributed by atoms with Crippen LogP contribution in [0.5, 0.6) is 11.5 Å². The highest BCUT2D eigenvalue weighted by molar-refractivity contribution is 7.91. The number of rotatable bonds is 5. The number of nitrogens with zero attached hydrogens (tertiary/aromatic N) is 2. The van der Waals surface area contributed by atoms with Gasteiger partial charge in [0.05, 0.1) is 37.3 Å². The Morgan fingerprint density at radius 3 is 2.30 bits per heavy atom. The van der Waals surface area contributed by atoms with Crippen molar-refractivity contribution in [2.45, 2.75) is 31.5 Å². The van der Waals surface area contributed by atoms with Crippen molar-refractivity contribution >= 4 is 15.7 Å². The van der Waals surface area contributed by atoms with Crippen molar-refractivity contribution in [1.82, 2.24) is 9.80 Å². The van der Waals surface area contributed by atoms with Crippen LogP contribution in [-0.4, -0.2) is 75.0 Å². The molecule has 2 saturated heterocycles. The Morgan fingerprint density at radius 1 is 1.07 bits per heavy atom. The van der Waals surface area contributed by atoms with E-state index in [0.717, 1.165) is 29.9 Å². The molecule has 1 aromatic rings. The number of sulfone groups is 1. The minimum atomic E-state index is -3.16. The summed E-state index contributed by atoms with van der Waals surface area (Å²) in [6, 6.07) is 5.20. The molecule has 7 nitrogen and oxygen atoms in total. The molecule has 1 aromatic carbocycles. The predicted octanol–water partition coefficient (Wildman–Crippen LogP) is 0.924. The monoisotopic (exact) mass is 394 g/mol. The molecule has 0 unspecified atom stereocenters. The number of piperazine rings is 1. The van der Waals surface area contributed by atoms with Gasteiger partial charge in [-0.05, 0) is 25.0 Å². The first-order valence-electron chi connectivity index (χ1n) is 9.38. The Kier molecular flexibility index (Phi) is 4.80. The summed E-state index contributed by atoms with van der Waals surface area (Å²) in [5, 5.41) is 0. The van der Waals surface area contributed by atoms with Gasteiger partial charge in [0.15, 0.2) is 9.84 Å². The lowest BCUT2D eigenvalue weighted by molar-refractivity contribution is -0.138. The maximum absolute atomic E-state index is 12.7. The summed E-state index contributed by atoms with van der Waals surface area (Å²) in [5.41, 5.74) is 0.910. The summed E-state index contributed by atoms with van der Waals surface area (Å²) < 4.78 is 35.7. The van der Waals surface area contributed by atoms with Crippen LogP contribution in [0.1, 0.15) is 18.4 Å². The number of methoxy groups -OCH3 is 2. The third-order valence-electron chi connectivity index (χ3n) is 5.89. The fourth-order valence-electron chi connectivity index (χ4n) is 4.35. The van der Waals surface area contributed by atoms with E-state index < -0.39 is 9.84 Å². The van der Waals surface area contributed by atoms with Crippen LogP contribution in [0.15, 0.2) is 18.2 Å². The molecular weight excluding hydrogens is 368 g/mol. The second kappa shape index (κ2) is 6.98. The van der Waals surface area contributed by atoms with Gasteiger partial charge in [-0.3, -0.25) is 9.69 Å². The van der Waals surface area contributed by atoms with Gasteiger partial charge in [-0.15, -0.1) is 0 Å². The Balaban J connectivity index is 1.61. The molecule has 2 heterocycles. The van der Waals surface area contributed by atoms with Crippen LogP contribution in [0, 0.1) is 5.92 Å². The van der Waals surface area contributed by atoms with E-state index in [2.05, 4.69) is 4.90 Å². The summed E-state index contributed by atoms with van der Waals surface area (Å²) in [6.07, 6.45) is 1.86. The van der Waals surface area contributed by atoms with Gasteiger partial charge in [-0.2, -0.15) is 0 Å². The van der Waals surface area contributed by atoms with Gasteiger partial charge in [0, 0.05) is 31.6 Å². The highest BCUT2D eigenvalue weighted by Gasteiger charge is 2.50. The van der Waals surface area contributed by atoms with E-state index in [-0.39, 0.29) is 35.4 Å². The second-order valence-electron chi connectivity index (χ2n) is 7.63. The van der Waals surface area contributed by atoms with Crippen molar-refractivity contribution in [1.29, 1.82) is 0 Å². The lowest BCUT2D eigenvalue weighted by atomic mass is 10.0. The van der Waals surface area contributed by atoms with Crippen molar-refractivity contribution in [2.75, 3.05) is 38.8 Å². The molecule has 0 N–H and O–H groups in total. The van der Waals surface area contributed by atoms with E-state index in [4.69, 9.17) is 9.47 Å². The first-order valence-corrected chi connectivity index (χ1v) is 11.2. The van der Waals surface area contributed by atoms with E-state index in [1.165, 1.54) is 0 Å². The topological polar surface area (TPSA) is 76.2 Å². The molecule has 1 aliphatic carbocycles. The normalized spacial score (nSPS) is 27.3. The summed E-state index contributed by atoms with van der Waals surface area (Å²) >= 11 is 0. The summed E-state index contributed by atoms with van der Waals surface area (Å²) in [7, 11) is 0.0816. The maximum atomic E-state index is 12.7. The SMILES string of the molecule is COc1cccc(OC)c1CN1CCN(C(=O)C2CC2)[C@@H]2CS(=O)(=O)C[C@@H]21. The van der Waals surface area contributed by atoms with E-state index in [1.807, 2.05) is 23.1 Å². The van der Waals surface area contributed by atoms with Crippen molar-refractivity contribution in [2.24, 2.45) is 5.92 Å². The smallest absolute Gasteiger partial charge is 0.226 e. The number of ether oxygens (including phenoxy) is 2. The molecule has 4 rings (SSSR count). The number of fused-ring (bicyclic) bond motifs is 1. The van der Waals surface area contributed by atoms with Crippen molar-refractivity contribution in [3.8, 4) is 11.5 Å². The van der Waals surface area contributed by atoms with Crippen LogP contribution < -0.4 is 9.47 Å². The Bertz CT molecular complexity index is 814. The van der Waals surface area contributed by atoms with Crippen LogP contribution in [0.4, 0.5) is 0 Å². The average molecular weight is 394 g/mol. The largest absolute Gasteiger partial charge is 0.496 e. The Labute approximate surface area is 160 Å². The van der Waals surface area contributed by atoms with Gasteiger partial charge in [-0.25, -0.2) is 8.42 Å². The van der Waals surface area contributed by atoms with E-state index in [0.29, 0.717) is 19.6 Å². The zero-order valence-electron chi connectivity index (χ0n) is 15.8. The molecule has 3 fully saturated rings. The van der Waals surface area contributed by atoms with Gasteiger partial charge in [0.1, 0.15) is 11.5 Å². The zero-order valence-corrected chi connectivity index (χ0v) is 16.6. The Hall–Kier alpha value is -1.80. The molecule has 1 saturated carbocycles. The number of hydrogen-bond donors (Lipinski definition) is 0. The van der Waals surface area contributed by atoms with E-state index in [9.17, 15) is 13.2 Å².